The molecule has 0 fully saturated rings. The van der Waals surface area contributed by atoms with Gasteiger partial charge in [-0.1, -0.05) is 13.3 Å². The van der Waals surface area contributed by atoms with E-state index in [4.69, 9.17) is 5.73 Å². The number of hydrogen-bond acceptors (Lipinski definition) is 3. The highest BCUT2D eigenvalue weighted by Gasteiger charge is 2.10. The van der Waals surface area contributed by atoms with Crippen LogP contribution in [0.5, 0.6) is 0 Å². The zero-order chi connectivity index (χ0) is 10.3. The number of hydrogen-bond donors (Lipinski definition) is 2. The maximum absolute atomic E-state index is 11.2. The molecule has 3 N–H and O–H groups in total. The van der Waals surface area contributed by atoms with Gasteiger partial charge < -0.3 is 11.1 Å². The fourth-order valence-corrected chi connectivity index (χ4v) is 1.28. The van der Waals surface area contributed by atoms with E-state index in [2.05, 4.69) is 5.32 Å². The molecule has 0 aliphatic carbocycles. The summed E-state index contributed by atoms with van der Waals surface area (Å²) in [6, 6.07) is -0.421. The van der Waals surface area contributed by atoms with E-state index in [-0.39, 0.29) is 5.91 Å². The SMILES string of the molecule is CCCC(N)C(=O)NCCS(C)=O. The molecule has 13 heavy (non-hydrogen) atoms. The molecule has 0 spiro atoms. The Hall–Kier alpha value is -0.420. The maximum atomic E-state index is 11.2. The number of nitrogens with one attached hydrogen (secondary N) is 1. The first kappa shape index (κ1) is 12.6. The van der Waals surface area contributed by atoms with Crippen molar-refractivity contribution < 1.29 is 9.00 Å². The van der Waals surface area contributed by atoms with Crippen molar-refractivity contribution in [3.8, 4) is 0 Å². The Morgan fingerprint density at radius 2 is 2.23 bits per heavy atom. The van der Waals surface area contributed by atoms with E-state index in [1.807, 2.05) is 6.92 Å². The van der Waals surface area contributed by atoms with E-state index in [0.29, 0.717) is 18.7 Å². The first-order chi connectivity index (χ1) is 6.07. The van der Waals surface area contributed by atoms with Gasteiger partial charge in [-0.15, -0.1) is 0 Å². The molecule has 1 amide bonds. The Labute approximate surface area is 81.7 Å². The minimum Gasteiger partial charge on any atom is -0.354 e. The molecule has 0 saturated carbocycles. The average molecular weight is 206 g/mol. The standard InChI is InChI=1S/C8H18N2O2S/c1-3-4-7(9)8(11)10-5-6-13(2)12/h7H,3-6,9H2,1-2H3,(H,10,11). The summed E-state index contributed by atoms with van der Waals surface area (Å²) in [5.74, 6) is 0.345. The van der Waals surface area contributed by atoms with Gasteiger partial charge in [-0.05, 0) is 6.42 Å². The molecule has 2 atom stereocenters. The third-order valence-electron chi connectivity index (χ3n) is 1.63. The van der Waals surface area contributed by atoms with Gasteiger partial charge in [0.1, 0.15) is 0 Å². The first-order valence-electron chi connectivity index (χ1n) is 4.41. The van der Waals surface area contributed by atoms with Gasteiger partial charge in [0, 0.05) is 29.4 Å². The van der Waals surface area contributed by atoms with Gasteiger partial charge in [0.05, 0.1) is 6.04 Å². The van der Waals surface area contributed by atoms with Crippen LogP contribution >= 0.6 is 0 Å². The highest BCUT2D eigenvalue weighted by Crippen LogP contribution is 1.92. The molecule has 0 aromatic heterocycles. The van der Waals surface area contributed by atoms with Crippen molar-refractivity contribution in [3.05, 3.63) is 0 Å². The molecule has 0 aliphatic heterocycles. The quantitative estimate of drug-likeness (QED) is 0.621. The van der Waals surface area contributed by atoms with E-state index < -0.39 is 16.8 Å². The molecule has 2 unspecified atom stereocenters. The lowest BCUT2D eigenvalue weighted by atomic mass is 10.2. The summed E-state index contributed by atoms with van der Waals surface area (Å²) in [7, 11) is -0.854. The molecule has 0 aromatic carbocycles. The average Bonchev–Trinajstić information content (AvgIpc) is 2.04. The van der Waals surface area contributed by atoms with Crippen LogP contribution in [0.1, 0.15) is 19.8 Å². The van der Waals surface area contributed by atoms with Crippen LogP contribution in [0.15, 0.2) is 0 Å². The summed E-state index contributed by atoms with van der Waals surface area (Å²) in [5.41, 5.74) is 5.56. The smallest absolute Gasteiger partial charge is 0.236 e. The minimum atomic E-state index is -0.854. The van der Waals surface area contributed by atoms with Gasteiger partial charge in [-0.3, -0.25) is 9.00 Å². The van der Waals surface area contributed by atoms with Gasteiger partial charge in [0.25, 0.3) is 0 Å². The second-order valence-corrected chi connectivity index (χ2v) is 4.52. The Bertz CT molecular complexity index is 185. The van der Waals surface area contributed by atoms with Crippen LogP contribution in [-0.2, 0) is 15.6 Å². The molecule has 0 saturated heterocycles. The molecule has 4 nitrogen and oxygen atoms in total. The van der Waals surface area contributed by atoms with E-state index in [1.165, 1.54) is 0 Å². The van der Waals surface area contributed by atoms with Crippen LogP contribution in [-0.4, -0.2) is 34.7 Å². The van der Waals surface area contributed by atoms with Crippen molar-refractivity contribution in [1.82, 2.24) is 5.32 Å². The van der Waals surface area contributed by atoms with Crippen molar-refractivity contribution >= 4 is 16.7 Å². The molecule has 0 heterocycles. The lowest BCUT2D eigenvalue weighted by Crippen LogP contribution is -2.41. The Kier molecular flexibility index (Phi) is 6.80. The number of rotatable bonds is 6. The summed E-state index contributed by atoms with van der Waals surface area (Å²) >= 11 is 0. The van der Waals surface area contributed by atoms with Crippen molar-refractivity contribution in [2.24, 2.45) is 5.73 Å². The lowest BCUT2D eigenvalue weighted by molar-refractivity contribution is -0.122. The topological polar surface area (TPSA) is 72.2 Å². The van der Waals surface area contributed by atoms with Crippen molar-refractivity contribution in [2.75, 3.05) is 18.6 Å². The molecule has 0 bridgehead atoms. The zero-order valence-corrected chi connectivity index (χ0v) is 9.02. The number of carbonyl (C=O) groups is 1. The van der Waals surface area contributed by atoms with Gasteiger partial charge in [0.2, 0.25) is 5.91 Å². The predicted octanol–water partition coefficient (Wildman–Crippen LogP) is -0.391. The number of nitrogens with two attached hydrogens (primary N) is 1. The van der Waals surface area contributed by atoms with E-state index in [9.17, 15) is 9.00 Å². The van der Waals surface area contributed by atoms with Crippen LogP contribution in [0, 0.1) is 0 Å². The molecule has 0 rings (SSSR count). The lowest BCUT2D eigenvalue weighted by Gasteiger charge is -2.10. The molecular formula is C8H18N2O2S. The van der Waals surface area contributed by atoms with Gasteiger partial charge in [-0.25, -0.2) is 0 Å². The van der Waals surface area contributed by atoms with Crippen LogP contribution < -0.4 is 11.1 Å². The Morgan fingerprint density at radius 3 is 2.69 bits per heavy atom. The molecule has 0 aliphatic rings. The Balaban J connectivity index is 3.55. The summed E-state index contributed by atoms with van der Waals surface area (Å²) in [6.45, 7) is 2.42. The fourth-order valence-electron chi connectivity index (χ4n) is 0.891. The van der Waals surface area contributed by atoms with Gasteiger partial charge in [-0.2, -0.15) is 0 Å². The number of carbonyl (C=O) groups excluding carboxylic acids is 1. The zero-order valence-electron chi connectivity index (χ0n) is 8.21. The van der Waals surface area contributed by atoms with Crippen molar-refractivity contribution in [1.29, 1.82) is 0 Å². The third kappa shape index (κ3) is 6.72. The summed E-state index contributed by atoms with van der Waals surface area (Å²) < 4.78 is 10.6. The van der Waals surface area contributed by atoms with Crippen LogP contribution in [0.2, 0.25) is 0 Å². The fraction of sp³-hybridized carbons (Fsp3) is 0.875. The summed E-state index contributed by atoms with van der Waals surface area (Å²) in [4.78, 5) is 11.2. The first-order valence-corrected chi connectivity index (χ1v) is 6.14. The van der Waals surface area contributed by atoms with E-state index in [1.54, 1.807) is 6.26 Å². The van der Waals surface area contributed by atoms with Gasteiger partial charge in [0.15, 0.2) is 0 Å². The third-order valence-corrected chi connectivity index (χ3v) is 2.40. The minimum absolute atomic E-state index is 0.146. The highest BCUT2D eigenvalue weighted by molar-refractivity contribution is 7.84. The molecular weight excluding hydrogens is 188 g/mol. The van der Waals surface area contributed by atoms with Crippen molar-refractivity contribution in [3.63, 3.8) is 0 Å². The van der Waals surface area contributed by atoms with Crippen LogP contribution in [0.3, 0.4) is 0 Å². The molecule has 5 heteroatoms. The largest absolute Gasteiger partial charge is 0.354 e. The number of amides is 1. The molecule has 0 aromatic rings. The van der Waals surface area contributed by atoms with E-state index >= 15 is 0 Å². The Morgan fingerprint density at radius 1 is 1.62 bits per heavy atom. The molecule has 78 valence electrons. The van der Waals surface area contributed by atoms with Gasteiger partial charge >= 0.3 is 0 Å². The summed E-state index contributed by atoms with van der Waals surface area (Å²) in [5, 5.41) is 2.64. The second kappa shape index (κ2) is 7.03. The molecule has 0 radical (unpaired) electrons. The van der Waals surface area contributed by atoms with Crippen LogP contribution in [0.25, 0.3) is 0 Å². The monoisotopic (exact) mass is 206 g/mol. The highest BCUT2D eigenvalue weighted by atomic mass is 32.2. The maximum Gasteiger partial charge on any atom is 0.236 e. The summed E-state index contributed by atoms with van der Waals surface area (Å²) in [6.07, 6.45) is 3.20. The second-order valence-electron chi connectivity index (χ2n) is 2.96. The normalized spacial score (nSPS) is 15.0. The predicted molar refractivity (Wildman–Crippen MR) is 54.8 cm³/mol. The van der Waals surface area contributed by atoms with Crippen LogP contribution in [0.4, 0.5) is 0 Å². The van der Waals surface area contributed by atoms with Crippen molar-refractivity contribution in [2.45, 2.75) is 25.8 Å². The van der Waals surface area contributed by atoms with E-state index in [0.717, 1.165) is 6.42 Å².